The monoisotopic (exact) mass is 738 g/mol. The molecule has 6 N–H and O–H groups in total. The van der Waals surface area contributed by atoms with Gasteiger partial charge in [0.2, 0.25) is 5.91 Å². The minimum Gasteiger partial charge on any atom is -0.394 e. The van der Waals surface area contributed by atoms with Gasteiger partial charge in [-0.25, -0.2) is 0 Å². The summed E-state index contributed by atoms with van der Waals surface area (Å²) in [5.74, 6) is -0.193. The SMILES string of the molecule is CCCCCC/C=C\C/C=C\CCCCCCCC(=O)NC(COC1OC(CO)C(O)C(O)C1O)C(O)/C=C/CCCCCCCCCCCCC. The lowest BCUT2D eigenvalue weighted by Crippen LogP contribution is -2.60. The van der Waals surface area contributed by atoms with Gasteiger partial charge in [-0.15, -0.1) is 0 Å². The van der Waals surface area contributed by atoms with Crippen molar-refractivity contribution in [2.75, 3.05) is 13.2 Å². The molecular formula is C43H79NO8. The number of ether oxygens (including phenoxy) is 2. The van der Waals surface area contributed by atoms with Crippen LogP contribution in [0.15, 0.2) is 36.5 Å². The first-order chi connectivity index (χ1) is 25.3. The highest BCUT2D eigenvalue weighted by Crippen LogP contribution is 2.22. The number of unbranched alkanes of at least 4 members (excludes halogenated alkanes) is 20. The molecule has 0 bridgehead atoms. The van der Waals surface area contributed by atoms with E-state index in [1.807, 2.05) is 6.08 Å². The quantitative estimate of drug-likeness (QED) is 0.0287. The number of rotatable bonds is 34. The van der Waals surface area contributed by atoms with Crippen molar-refractivity contribution in [2.24, 2.45) is 0 Å². The van der Waals surface area contributed by atoms with Gasteiger partial charge < -0.3 is 40.3 Å². The molecule has 304 valence electrons. The Bertz CT molecular complexity index is 910. The van der Waals surface area contributed by atoms with Gasteiger partial charge in [0, 0.05) is 6.42 Å². The lowest BCUT2D eigenvalue weighted by molar-refractivity contribution is -0.302. The maximum Gasteiger partial charge on any atom is 0.220 e. The van der Waals surface area contributed by atoms with Crippen LogP contribution < -0.4 is 5.32 Å². The molecule has 0 spiro atoms. The summed E-state index contributed by atoms with van der Waals surface area (Å²) in [5.41, 5.74) is 0. The molecule has 1 heterocycles. The number of nitrogens with one attached hydrogen (secondary N) is 1. The van der Waals surface area contributed by atoms with E-state index in [4.69, 9.17) is 9.47 Å². The fraction of sp³-hybridized carbons (Fsp3) is 0.837. The Hall–Kier alpha value is -1.59. The molecule has 0 radical (unpaired) electrons. The largest absolute Gasteiger partial charge is 0.394 e. The molecule has 0 aromatic heterocycles. The third kappa shape index (κ3) is 24.7. The number of aliphatic hydroxyl groups is 5. The standard InChI is InChI=1S/C43H79NO8/c1-3-5-7-9-11-13-15-17-18-19-21-23-25-27-29-31-33-39(47)44-36(35-51-43-42(50)41(49)40(48)38(34-45)52-43)37(46)32-30-28-26-24-22-20-16-14-12-10-8-6-4-2/h13,15,18-19,30,32,36-38,40-43,45-46,48-50H,3-12,14,16-17,20-29,31,33-35H2,1-2H3,(H,44,47)/b15-13-,19-18-,32-30+. The Balaban J connectivity index is 2.42. The van der Waals surface area contributed by atoms with Crippen molar-refractivity contribution >= 4 is 5.91 Å². The Morgan fingerprint density at radius 3 is 1.67 bits per heavy atom. The van der Waals surface area contributed by atoms with E-state index in [0.29, 0.717) is 6.42 Å². The predicted molar refractivity (Wildman–Crippen MR) is 212 cm³/mol. The van der Waals surface area contributed by atoms with Crippen LogP contribution >= 0.6 is 0 Å². The Labute approximate surface area is 317 Å². The lowest BCUT2D eigenvalue weighted by Gasteiger charge is -2.40. The van der Waals surface area contributed by atoms with E-state index in [9.17, 15) is 30.3 Å². The molecule has 7 atom stereocenters. The van der Waals surface area contributed by atoms with Crippen LogP contribution in [0.2, 0.25) is 0 Å². The van der Waals surface area contributed by atoms with Crippen molar-refractivity contribution in [1.29, 1.82) is 0 Å². The summed E-state index contributed by atoms with van der Waals surface area (Å²) in [7, 11) is 0. The molecule has 9 heteroatoms. The van der Waals surface area contributed by atoms with Gasteiger partial charge in [-0.1, -0.05) is 153 Å². The fourth-order valence-electron chi connectivity index (χ4n) is 6.48. The summed E-state index contributed by atoms with van der Waals surface area (Å²) in [4.78, 5) is 12.9. The molecule has 7 unspecified atom stereocenters. The van der Waals surface area contributed by atoms with Crippen molar-refractivity contribution in [2.45, 2.75) is 217 Å². The lowest BCUT2D eigenvalue weighted by atomic mass is 9.99. The van der Waals surface area contributed by atoms with Crippen molar-refractivity contribution in [3.8, 4) is 0 Å². The number of carbonyl (C=O) groups excluding carboxylic acids is 1. The van der Waals surface area contributed by atoms with E-state index >= 15 is 0 Å². The van der Waals surface area contributed by atoms with Gasteiger partial charge in [-0.3, -0.25) is 4.79 Å². The van der Waals surface area contributed by atoms with E-state index in [-0.39, 0.29) is 12.5 Å². The zero-order valence-electron chi connectivity index (χ0n) is 33.1. The molecule has 0 saturated carbocycles. The Morgan fingerprint density at radius 2 is 1.13 bits per heavy atom. The molecule has 9 nitrogen and oxygen atoms in total. The second kappa shape index (κ2) is 33.9. The normalized spacial score (nSPS) is 22.2. The second-order valence-corrected chi connectivity index (χ2v) is 14.8. The van der Waals surface area contributed by atoms with Crippen LogP contribution in [0.25, 0.3) is 0 Å². The first kappa shape index (κ1) is 48.4. The highest BCUT2D eigenvalue weighted by Gasteiger charge is 2.44. The number of amides is 1. The zero-order chi connectivity index (χ0) is 38.1. The molecule has 1 amide bonds. The molecule has 0 aromatic rings. The molecule has 1 fully saturated rings. The third-order valence-corrected chi connectivity index (χ3v) is 9.96. The topological polar surface area (TPSA) is 149 Å². The average molecular weight is 738 g/mol. The molecule has 0 aromatic carbocycles. The van der Waals surface area contributed by atoms with Crippen LogP contribution in [0.5, 0.6) is 0 Å². The number of carbonyl (C=O) groups is 1. The van der Waals surface area contributed by atoms with E-state index in [1.165, 1.54) is 89.9 Å². The smallest absolute Gasteiger partial charge is 0.220 e. The average Bonchev–Trinajstić information content (AvgIpc) is 3.14. The van der Waals surface area contributed by atoms with Crippen LogP contribution in [0.4, 0.5) is 0 Å². The summed E-state index contributed by atoms with van der Waals surface area (Å²) in [5, 5.41) is 54.0. The van der Waals surface area contributed by atoms with Gasteiger partial charge in [0.1, 0.15) is 24.4 Å². The molecule has 52 heavy (non-hydrogen) atoms. The van der Waals surface area contributed by atoms with Crippen LogP contribution in [0, 0.1) is 0 Å². The molecule has 0 aliphatic carbocycles. The highest BCUT2D eigenvalue weighted by atomic mass is 16.7. The van der Waals surface area contributed by atoms with Gasteiger partial charge in [-0.05, 0) is 51.4 Å². The fourth-order valence-corrected chi connectivity index (χ4v) is 6.48. The molecular weight excluding hydrogens is 658 g/mol. The summed E-state index contributed by atoms with van der Waals surface area (Å²) < 4.78 is 11.2. The summed E-state index contributed by atoms with van der Waals surface area (Å²) in [6.45, 7) is 3.72. The number of aliphatic hydroxyl groups excluding tert-OH is 5. The molecule has 1 saturated heterocycles. The molecule has 1 rings (SSSR count). The summed E-state index contributed by atoms with van der Waals surface area (Å²) >= 11 is 0. The van der Waals surface area contributed by atoms with Crippen molar-refractivity contribution < 1.29 is 39.8 Å². The zero-order valence-corrected chi connectivity index (χ0v) is 33.1. The van der Waals surface area contributed by atoms with Crippen LogP contribution in [0.1, 0.15) is 174 Å². The van der Waals surface area contributed by atoms with Crippen molar-refractivity contribution in [1.82, 2.24) is 5.32 Å². The van der Waals surface area contributed by atoms with Crippen LogP contribution in [0.3, 0.4) is 0 Å². The van der Waals surface area contributed by atoms with Crippen LogP contribution in [-0.4, -0.2) is 87.5 Å². The first-order valence-corrected chi connectivity index (χ1v) is 21.2. The van der Waals surface area contributed by atoms with Gasteiger partial charge in [0.05, 0.1) is 25.4 Å². The van der Waals surface area contributed by atoms with Crippen molar-refractivity contribution in [3.05, 3.63) is 36.5 Å². The van der Waals surface area contributed by atoms with Gasteiger partial charge in [0.15, 0.2) is 6.29 Å². The highest BCUT2D eigenvalue weighted by molar-refractivity contribution is 5.76. The summed E-state index contributed by atoms with van der Waals surface area (Å²) in [6, 6.07) is -0.809. The minimum atomic E-state index is -1.57. The van der Waals surface area contributed by atoms with Crippen molar-refractivity contribution in [3.63, 3.8) is 0 Å². The number of hydrogen-bond acceptors (Lipinski definition) is 8. The Morgan fingerprint density at radius 1 is 0.654 bits per heavy atom. The molecule has 1 aliphatic heterocycles. The Kier molecular flexibility index (Phi) is 31.6. The molecule has 1 aliphatic rings. The maximum absolute atomic E-state index is 12.9. The predicted octanol–water partition coefficient (Wildman–Crippen LogP) is 8.11. The van der Waals surface area contributed by atoms with E-state index in [2.05, 4.69) is 43.5 Å². The number of allylic oxidation sites excluding steroid dienone is 5. The van der Waals surface area contributed by atoms with Gasteiger partial charge >= 0.3 is 0 Å². The number of hydrogen-bond donors (Lipinski definition) is 6. The van der Waals surface area contributed by atoms with E-state index in [0.717, 1.165) is 64.2 Å². The van der Waals surface area contributed by atoms with Gasteiger partial charge in [0.25, 0.3) is 0 Å². The minimum absolute atomic E-state index is 0.193. The van der Waals surface area contributed by atoms with E-state index < -0.39 is 49.5 Å². The third-order valence-electron chi connectivity index (χ3n) is 9.96. The van der Waals surface area contributed by atoms with Crippen LogP contribution in [-0.2, 0) is 14.3 Å². The second-order valence-electron chi connectivity index (χ2n) is 14.8. The maximum atomic E-state index is 12.9. The summed E-state index contributed by atoms with van der Waals surface area (Å²) in [6.07, 6.45) is 33.2. The van der Waals surface area contributed by atoms with Gasteiger partial charge in [-0.2, -0.15) is 0 Å². The van der Waals surface area contributed by atoms with E-state index in [1.54, 1.807) is 6.08 Å². The first-order valence-electron chi connectivity index (χ1n) is 21.2.